The molecule has 1 radical (unpaired) electrons. The molecule has 1 amide bonds. The number of rotatable bonds is 1. The predicted molar refractivity (Wildman–Crippen MR) is 28.2 cm³/mol. The molecular weight excluding hydrogens is 287 g/mol. The average molecular weight is 296 g/mol. The molecule has 1 unspecified atom stereocenters. The third-order valence-corrected chi connectivity index (χ3v) is 1.32. The maximum Gasteiger partial charge on any atom is 0.220 e. The third-order valence-electron chi connectivity index (χ3n) is 1.32. The van der Waals surface area contributed by atoms with Gasteiger partial charge < -0.3 is 10.4 Å². The Hall–Kier alpha value is 0.170. The van der Waals surface area contributed by atoms with Crippen molar-refractivity contribution in [1.29, 1.82) is 0 Å². The Kier molecular flexibility index (Phi) is 4.14. The number of hydrogen-bond acceptors (Lipinski definition) is 2. The van der Waals surface area contributed by atoms with Gasteiger partial charge in [0.05, 0.1) is 0 Å². The number of aliphatic hydroxyl groups is 1. The van der Waals surface area contributed by atoms with Gasteiger partial charge in [-0.15, -0.1) is 0 Å². The van der Waals surface area contributed by atoms with Crippen molar-refractivity contribution in [3.63, 3.8) is 0 Å². The van der Waals surface area contributed by atoms with Crippen LogP contribution in [0, 0.1) is 5.92 Å². The van der Waals surface area contributed by atoms with Crippen molar-refractivity contribution in [1.82, 2.24) is 5.32 Å². The number of hydrogen-bond donors (Lipinski definition) is 2. The van der Waals surface area contributed by atoms with E-state index in [1.54, 1.807) is 0 Å². The molecular formula is C5H9NO2Ta. The Morgan fingerprint density at radius 3 is 2.67 bits per heavy atom. The van der Waals surface area contributed by atoms with E-state index >= 15 is 0 Å². The van der Waals surface area contributed by atoms with Crippen LogP contribution >= 0.6 is 0 Å². The first-order valence-corrected chi connectivity index (χ1v) is 2.70. The van der Waals surface area contributed by atoms with Gasteiger partial charge in [-0.2, -0.15) is 0 Å². The minimum atomic E-state index is 0. The number of nitrogens with one attached hydrogen (secondary N) is 1. The summed E-state index contributed by atoms with van der Waals surface area (Å²) >= 11 is 0. The summed E-state index contributed by atoms with van der Waals surface area (Å²) in [5.41, 5.74) is 0. The largest absolute Gasteiger partial charge is 0.396 e. The van der Waals surface area contributed by atoms with Crippen molar-refractivity contribution in [2.75, 3.05) is 13.2 Å². The van der Waals surface area contributed by atoms with Gasteiger partial charge in [0.15, 0.2) is 0 Å². The van der Waals surface area contributed by atoms with Crippen LogP contribution in [0.5, 0.6) is 0 Å². The summed E-state index contributed by atoms with van der Waals surface area (Å²) in [6.07, 6.45) is 0.497. The number of carbonyl (C=O) groups is 1. The van der Waals surface area contributed by atoms with Crippen molar-refractivity contribution in [2.45, 2.75) is 6.42 Å². The summed E-state index contributed by atoms with van der Waals surface area (Å²) in [6, 6.07) is 0. The molecule has 0 spiro atoms. The van der Waals surface area contributed by atoms with E-state index in [4.69, 9.17) is 5.11 Å². The van der Waals surface area contributed by atoms with Gasteiger partial charge in [-0.05, 0) is 0 Å². The Morgan fingerprint density at radius 2 is 2.44 bits per heavy atom. The molecule has 1 rings (SSSR count). The zero-order chi connectivity index (χ0) is 5.98. The molecule has 1 atom stereocenters. The smallest absolute Gasteiger partial charge is 0.220 e. The molecule has 4 heteroatoms. The Bertz CT molecular complexity index is 107. The fourth-order valence-electron chi connectivity index (χ4n) is 0.794. The Balaban J connectivity index is 0.000000640. The second kappa shape index (κ2) is 4.06. The SMILES string of the molecule is O=C1CC(CO)CN1.[Ta]. The summed E-state index contributed by atoms with van der Waals surface area (Å²) in [5, 5.41) is 11.1. The van der Waals surface area contributed by atoms with Gasteiger partial charge in [0.1, 0.15) is 0 Å². The zero-order valence-corrected chi connectivity index (χ0v) is 8.21. The van der Waals surface area contributed by atoms with Crippen LogP contribution in [0.3, 0.4) is 0 Å². The molecule has 0 aromatic heterocycles. The molecule has 0 aliphatic carbocycles. The van der Waals surface area contributed by atoms with Gasteiger partial charge in [0.25, 0.3) is 0 Å². The quantitative estimate of drug-likeness (QED) is 0.660. The number of aliphatic hydroxyl groups excluding tert-OH is 1. The minimum Gasteiger partial charge on any atom is -0.396 e. The van der Waals surface area contributed by atoms with Crippen molar-refractivity contribution in [3.05, 3.63) is 0 Å². The second-order valence-corrected chi connectivity index (χ2v) is 2.06. The van der Waals surface area contributed by atoms with Crippen LogP contribution in [-0.2, 0) is 27.2 Å². The van der Waals surface area contributed by atoms with E-state index < -0.39 is 0 Å². The molecule has 2 N–H and O–H groups in total. The van der Waals surface area contributed by atoms with Gasteiger partial charge in [-0.3, -0.25) is 4.79 Å². The van der Waals surface area contributed by atoms with Crippen molar-refractivity contribution in [3.8, 4) is 0 Å². The summed E-state index contributed by atoms with van der Waals surface area (Å²) in [5.74, 6) is 0.228. The van der Waals surface area contributed by atoms with Gasteiger partial charge in [-0.1, -0.05) is 0 Å². The molecule has 1 aliphatic heterocycles. The van der Waals surface area contributed by atoms with Crippen LogP contribution in [0.25, 0.3) is 0 Å². The molecule has 1 fully saturated rings. The van der Waals surface area contributed by atoms with Crippen LogP contribution in [0.15, 0.2) is 0 Å². The zero-order valence-electron chi connectivity index (χ0n) is 5.00. The maximum atomic E-state index is 10.4. The predicted octanol–water partition coefficient (Wildman–Crippen LogP) is -0.888. The fraction of sp³-hybridized carbons (Fsp3) is 0.800. The van der Waals surface area contributed by atoms with E-state index in [1.165, 1.54) is 0 Å². The van der Waals surface area contributed by atoms with Crippen LogP contribution in [0.2, 0.25) is 0 Å². The Labute approximate surface area is 69.3 Å². The normalized spacial score (nSPS) is 25.0. The molecule has 0 aromatic rings. The van der Waals surface area contributed by atoms with E-state index in [2.05, 4.69) is 5.32 Å². The van der Waals surface area contributed by atoms with Crippen molar-refractivity contribution >= 4 is 5.91 Å². The van der Waals surface area contributed by atoms with Crippen molar-refractivity contribution in [2.24, 2.45) is 5.92 Å². The summed E-state index contributed by atoms with van der Waals surface area (Å²) in [7, 11) is 0. The number of amides is 1. The van der Waals surface area contributed by atoms with E-state index in [9.17, 15) is 4.79 Å². The fourth-order valence-corrected chi connectivity index (χ4v) is 0.794. The first-order chi connectivity index (χ1) is 3.83. The molecule has 51 valence electrons. The Morgan fingerprint density at radius 1 is 1.78 bits per heavy atom. The first kappa shape index (κ1) is 9.17. The van der Waals surface area contributed by atoms with E-state index in [1.807, 2.05) is 0 Å². The molecule has 0 saturated carbocycles. The van der Waals surface area contributed by atoms with Gasteiger partial charge >= 0.3 is 0 Å². The van der Waals surface area contributed by atoms with Crippen LogP contribution in [-0.4, -0.2) is 24.2 Å². The van der Waals surface area contributed by atoms with E-state index in [-0.39, 0.29) is 40.8 Å². The van der Waals surface area contributed by atoms with Gasteiger partial charge in [0.2, 0.25) is 5.91 Å². The molecule has 0 aromatic carbocycles. The maximum absolute atomic E-state index is 10.4. The topological polar surface area (TPSA) is 49.3 Å². The molecule has 1 aliphatic rings. The van der Waals surface area contributed by atoms with Gasteiger partial charge in [-0.25, -0.2) is 0 Å². The summed E-state index contributed by atoms with van der Waals surface area (Å²) in [6.45, 7) is 0.772. The molecule has 1 saturated heterocycles. The standard InChI is InChI=1S/C5H9NO2.Ta/c7-3-4-1-5(8)6-2-4;/h4,7H,1-3H2,(H,6,8);. The molecule has 3 nitrogen and oxygen atoms in total. The van der Waals surface area contributed by atoms with Crippen LogP contribution < -0.4 is 5.32 Å². The molecule has 9 heavy (non-hydrogen) atoms. The minimum absolute atomic E-state index is 0. The van der Waals surface area contributed by atoms with Gasteiger partial charge in [0, 0.05) is 47.9 Å². The monoisotopic (exact) mass is 296 g/mol. The van der Waals surface area contributed by atoms with Crippen LogP contribution in [0.4, 0.5) is 0 Å². The molecule has 1 heterocycles. The van der Waals surface area contributed by atoms with E-state index in [0.717, 1.165) is 0 Å². The van der Waals surface area contributed by atoms with Crippen LogP contribution in [0.1, 0.15) is 6.42 Å². The third kappa shape index (κ3) is 2.49. The summed E-state index contributed by atoms with van der Waals surface area (Å²) < 4.78 is 0. The average Bonchev–Trinajstić information content (AvgIpc) is 2.14. The summed E-state index contributed by atoms with van der Waals surface area (Å²) in [4.78, 5) is 10.4. The molecule has 0 bridgehead atoms. The van der Waals surface area contributed by atoms with Crippen molar-refractivity contribution < 1.29 is 32.3 Å². The van der Waals surface area contributed by atoms with E-state index in [0.29, 0.717) is 13.0 Å². The number of carbonyl (C=O) groups excluding carboxylic acids is 1. The first-order valence-electron chi connectivity index (χ1n) is 2.70. The second-order valence-electron chi connectivity index (χ2n) is 2.06.